The first kappa shape index (κ1) is 13.3. The van der Waals surface area contributed by atoms with E-state index < -0.39 is 0 Å². The van der Waals surface area contributed by atoms with Crippen LogP contribution in [0.5, 0.6) is 5.75 Å². The average Bonchev–Trinajstić information content (AvgIpc) is 2.23. The fourth-order valence-corrected chi connectivity index (χ4v) is 2.26. The number of ether oxygens (including phenoxy) is 1. The van der Waals surface area contributed by atoms with Gasteiger partial charge in [-0.3, -0.25) is 0 Å². The molecule has 0 heterocycles. The third-order valence-electron chi connectivity index (χ3n) is 1.74. The summed E-state index contributed by atoms with van der Waals surface area (Å²) in [5, 5.41) is 9.48. The highest BCUT2D eigenvalue weighted by molar-refractivity contribution is 9.11. The zero-order valence-electron chi connectivity index (χ0n) is 8.54. The van der Waals surface area contributed by atoms with Crippen LogP contribution in [0.1, 0.15) is 12.5 Å². The van der Waals surface area contributed by atoms with Crippen LogP contribution in [-0.4, -0.2) is 17.7 Å². The predicted octanol–water partition coefficient (Wildman–Crippen LogP) is 3.49. The molecule has 3 nitrogen and oxygen atoms in total. The third kappa shape index (κ3) is 3.64. The number of halogens is 2. The van der Waals surface area contributed by atoms with Crippen molar-refractivity contribution in [1.82, 2.24) is 0 Å². The smallest absolute Gasteiger partial charge is 0.330 e. The lowest BCUT2D eigenvalue weighted by Crippen LogP contribution is -1.98. The summed E-state index contributed by atoms with van der Waals surface area (Å²) in [5.41, 5.74) is 0.782. The lowest BCUT2D eigenvalue weighted by molar-refractivity contribution is -0.137. The molecule has 0 spiro atoms. The van der Waals surface area contributed by atoms with Crippen molar-refractivity contribution in [2.45, 2.75) is 6.92 Å². The van der Waals surface area contributed by atoms with Crippen molar-refractivity contribution in [3.05, 3.63) is 32.7 Å². The molecule has 1 aromatic rings. The van der Waals surface area contributed by atoms with Crippen molar-refractivity contribution < 1.29 is 14.6 Å². The number of benzene rings is 1. The highest BCUT2D eigenvalue weighted by Gasteiger charge is 2.04. The fourth-order valence-electron chi connectivity index (χ4n) is 1.04. The third-order valence-corrected chi connectivity index (χ3v) is 2.95. The van der Waals surface area contributed by atoms with Crippen LogP contribution in [0.15, 0.2) is 27.2 Å². The number of hydrogen-bond donors (Lipinski definition) is 1. The lowest BCUT2D eigenvalue weighted by atomic mass is 10.2. The van der Waals surface area contributed by atoms with Gasteiger partial charge in [0, 0.05) is 6.08 Å². The first-order valence-electron chi connectivity index (χ1n) is 4.57. The van der Waals surface area contributed by atoms with Gasteiger partial charge in [-0.2, -0.15) is 0 Å². The molecule has 0 bridgehead atoms. The summed E-state index contributed by atoms with van der Waals surface area (Å²) >= 11 is 6.41. The second-order valence-corrected chi connectivity index (χ2v) is 4.63. The van der Waals surface area contributed by atoms with Crippen molar-refractivity contribution in [3.8, 4) is 5.75 Å². The standard InChI is InChI=1S/C11H10Br2O3/c1-2-16-10(14)4-3-7-5-8(12)11(15)9(13)6-7/h3-6,15H,2H2,1H3/b4-3+. The largest absolute Gasteiger partial charge is 0.506 e. The van der Waals surface area contributed by atoms with Gasteiger partial charge in [0.1, 0.15) is 5.75 Å². The molecule has 0 saturated carbocycles. The Morgan fingerprint density at radius 3 is 2.50 bits per heavy atom. The molecule has 1 N–H and O–H groups in total. The Balaban J connectivity index is 2.86. The van der Waals surface area contributed by atoms with E-state index in [0.29, 0.717) is 15.6 Å². The number of carbonyl (C=O) groups excluding carboxylic acids is 1. The zero-order chi connectivity index (χ0) is 12.1. The molecule has 16 heavy (non-hydrogen) atoms. The molecule has 1 rings (SSSR count). The molecule has 1 aromatic carbocycles. The Labute approximate surface area is 110 Å². The minimum Gasteiger partial charge on any atom is -0.506 e. The maximum Gasteiger partial charge on any atom is 0.330 e. The maximum absolute atomic E-state index is 11.1. The molecule has 0 atom stereocenters. The van der Waals surface area contributed by atoms with Gasteiger partial charge in [-0.25, -0.2) is 4.79 Å². The van der Waals surface area contributed by atoms with Gasteiger partial charge >= 0.3 is 5.97 Å². The van der Waals surface area contributed by atoms with E-state index in [1.165, 1.54) is 6.08 Å². The summed E-state index contributed by atoms with van der Waals surface area (Å²) in [6, 6.07) is 3.41. The van der Waals surface area contributed by atoms with Gasteiger partial charge in [0.05, 0.1) is 15.6 Å². The van der Waals surface area contributed by atoms with E-state index in [1.54, 1.807) is 25.1 Å². The molecule has 86 valence electrons. The van der Waals surface area contributed by atoms with Gasteiger partial charge in [0.15, 0.2) is 0 Å². The predicted molar refractivity (Wildman–Crippen MR) is 69.2 cm³/mol. The van der Waals surface area contributed by atoms with Gasteiger partial charge in [-0.05, 0) is 62.6 Å². The number of hydrogen-bond acceptors (Lipinski definition) is 3. The van der Waals surface area contributed by atoms with E-state index in [1.807, 2.05) is 0 Å². The number of rotatable bonds is 3. The Bertz CT molecular complexity index is 404. The molecule has 0 amide bonds. The van der Waals surface area contributed by atoms with Crippen LogP contribution in [0.2, 0.25) is 0 Å². The van der Waals surface area contributed by atoms with Crippen LogP contribution in [0, 0.1) is 0 Å². The van der Waals surface area contributed by atoms with E-state index >= 15 is 0 Å². The highest BCUT2D eigenvalue weighted by Crippen LogP contribution is 2.33. The topological polar surface area (TPSA) is 46.5 Å². The number of carbonyl (C=O) groups is 1. The van der Waals surface area contributed by atoms with Crippen LogP contribution in [-0.2, 0) is 9.53 Å². The number of aromatic hydroxyl groups is 1. The van der Waals surface area contributed by atoms with Gasteiger partial charge in [0.2, 0.25) is 0 Å². The van der Waals surface area contributed by atoms with Crippen LogP contribution in [0.4, 0.5) is 0 Å². The Kier molecular flexibility index (Phi) is 5.02. The normalized spacial score (nSPS) is 10.7. The molecule has 5 heteroatoms. The number of phenolic OH excluding ortho intramolecular Hbond substituents is 1. The van der Waals surface area contributed by atoms with Gasteiger partial charge in [-0.1, -0.05) is 0 Å². The molecular weight excluding hydrogens is 340 g/mol. The maximum atomic E-state index is 11.1. The van der Waals surface area contributed by atoms with Crippen LogP contribution in [0.3, 0.4) is 0 Å². The van der Waals surface area contributed by atoms with Crippen molar-refractivity contribution in [3.63, 3.8) is 0 Å². The van der Waals surface area contributed by atoms with Gasteiger partial charge in [0.25, 0.3) is 0 Å². The monoisotopic (exact) mass is 348 g/mol. The average molecular weight is 350 g/mol. The quantitative estimate of drug-likeness (QED) is 0.671. The number of phenols is 1. The van der Waals surface area contributed by atoms with Crippen molar-refractivity contribution in [2.24, 2.45) is 0 Å². The Hall–Kier alpha value is -0.810. The molecule has 0 radical (unpaired) electrons. The second-order valence-electron chi connectivity index (χ2n) is 2.92. The fraction of sp³-hybridized carbons (Fsp3) is 0.182. The van der Waals surface area contributed by atoms with Crippen molar-refractivity contribution >= 4 is 43.9 Å². The Morgan fingerprint density at radius 2 is 2.00 bits per heavy atom. The molecular formula is C11H10Br2O3. The van der Waals surface area contributed by atoms with E-state index in [9.17, 15) is 9.90 Å². The molecule has 0 saturated heterocycles. The molecule has 0 aromatic heterocycles. The summed E-state index contributed by atoms with van der Waals surface area (Å²) in [6.45, 7) is 2.10. The summed E-state index contributed by atoms with van der Waals surface area (Å²) < 4.78 is 5.87. The number of esters is 1. The summed E-state index contributed by atoms with van der Waals surface area (Å²) in [4.78, 5) is 11.1. The van der Waals surface area contributed by atoms with E-state index in [-0.39, 0.29) is 11.7 Å². The van der Waals surface area contributed by atoms with Crippen LogP contribution in [0.25, 0.3) is 6.08 Å². The lowest BCUT2D eigenvalue weighted by Gasteiger charge is -2.02. The SMILES string of the molecule is CCOC(=O)/C=C/c1cc(Br)c(O)c(Br)c1. The first-order chi connectivity index (χ1) is 7.54. The highest BCUT2D eigenvalue weighted by atomic mass is 79.9. The summed E-state index contributed by atoms with van der Waals surface area (Å²) in [5.74, 6) is -0.254. The molecule has 0 fully saturated rings. The first-order valence-corrected chi connectivity index (χ1v) is 6.16. The van der Waals surface area contributed by atoms with Gasteiger partial charge in [-0.15, -0.1) is 0 Å². The molecule has 0 aliphatic heterocycles. The second kappa shape index (κ2) is 6.06. The molecule has 0 aliphatic carbocycles. The van der Waals surface area contributed by atoms with Crippen molar-refractivity contribution in [2.75, 3.05) is 6.61 Å². The zero-order valence-corrected chi connectivity index (χ0v) is 11.7. The molecule has 0 aliphatic rings. The summed E-state index contributed by atoms with van der Waals surface area (Å²) in [7, 11) is 0. The minimum atomic E-state index is -0.386. The van der Waals surface area contributed by atoms with Gasteiger partial charge < -0.3 is 9.84 Å². The Morgan fingerprint density at radius 1 is 1.44 bits per heavy atom. The van der Waals surface area contributed by atoms with Crippen LogP contribution >= 0.6 is 31.9 Å². The van der Waals surface area contributed by atoms with Crippen LogP contribution < -0.4 is 0 Å². The minimum absolute atomic E-state index is 0.133. The van der Waals surface area contributed by atoms with E-state index in [0.717, 1.165) is 5.56 Å². The molecule has 0 unspecified atom stereocenters. The van der Waals surface area contributed by atoms with E-state index in [4.69, 9.17) is 4.74 Å². The van der Waals surface area contributed by atoms with E-state index in [2.05, 4.69) is 31.9 Å². The van der Waals surface area contributed by atoms with Crippen molar-refractivity contribution in [1.29, 1.82) is 0 Å². The summed E-state index contributed by atoms with van der Waals surface area (Å²) in [6.07, 6.45) is 2.96.